The summed E-state index contributed by atoms with van der Waals surface area (Å²) >= 11 is 0. The Bertz CT molecular complexity index is 1510. The summed E-state index contributed by atoms with van der Waals surface area (Å²) < 4.78 is 49.7. The van der Waals surface area contributed by atoms with E-state index in [1.807, 2.05) is 20.0 Å². The first kappa shape index (κ1) is 19.5. The third-order valence-corrected chi connectivity index (χ3v) is 6.05. The fraction of sp³-hybridized carbons (Fsp3) is 0.190. The first-order valence-electron chi connectivity index (χ1n) is 10.8. The maximum atomic E-state index is 11.8. The standard InChI is InChI=1S/C21H23N7O2S.ClH/c1-13-5-6-15(11-19(13)31(22,29)30)24-21-23-10-9-20(25-21)27(3)16-7-8-17-14(2)28(4)26-18(17)12-16;/h5-12H,1-4H3,(H2,22,29,30)(H,23,24,25);1H/i3+1D3;. The van der Waals surface area contributed by atoms with Gasteiger partial charge in [0.05, 0.1) is 10.4 Å². The van der Waals surface area contributed by atoms with Crippen molar-refractivity contribution in [1.82, 2.24) is 19.7 Å². The summed E-state index contributed by atoms with van der Waals surface area (Å²) in [6.45, 7) is 1.02. The number of nitrogens with one attached hydrogen (secondary N) is 1. The number of hydrogen-bond acceptors (Lipinski definition) is 7. The number of benzene rings is 2. The van der Waals surface area contributed by atoms with Gasteiger partial charge in [0.25, 0.3) is 0 Å². The quantitative estimate of drug-likeness (QED) is 0.422. The van der Waals surface area contributed by atoms with E-state index in [9.17, 15) is 8.42 Å². The van der Waals surface area contributed by atoms with Gasteiger partial charge >= 0.3 is 0 Å². The molecular weight excluding hydrogens is 451 g/mol. The fourth-order valence-corrected chi connectivity index (χ4v) is 4.05. The van der Waals surface area contributed by atoms with Crippen molar-refractivity contribution in [3.8, 4) is 0 Å². The highest BCUT2D eigenvalue weighted by Gasteiger charge is 2.14. The molecule has 2 heterocycles. The van der Waals surface area contributed by atoms with Crippen LogP contribution >= 0.6 is 12.4 Å². The average molecular weight is 478 g/mol. The van der Waals surface area contributed by atoms with Crippen LogP contribution in [0.25, 0.3) is 10.9 Å². The van der Waals surface area contributed by atoms with Crippen LogP contribution in [-0.2, 0) is 17.1 Å². The topological polar surface area (TPSA) is 119 Å². The zero-order valence-corrected chi connectivity index (χ0v) is 19.2. The predicted octanol–water partition coefficient (Wildman–Crippen LogP) is 3.56. The van der Waals surface area contributed by atoms with E-state index >= 15 is 0 Å². The summed E-state index contributed by atoms with van der Waals surface area (Å²) in [5.74, 6) is 0.217. The molecule has 0 radical (unpaired) electrons. The minimum atomic E-state index is -3.92. The van der Waals surface area contributed by atoms with Gasteiger partial charge in [0.2, 0.25) is 16.0 Å². The second-order valence-electron chi connectivity index (χ2n) is 7.13. The molecule has 4 aromatic rings. The predicted molar refractivity (Wildman–Crippen MR) is 129 cm³/mol. The van der Waals surface area contributed by atoms with Gasteiger partial charge in [-0.3, -0.25) is 4.68 Å². The lowest BCUT2D eigenvalue weighted by atomic mass is 10.2. The van der Waals surface area contributed by atoms with E-state index in [1.54, 1.807) is 35.9 Å². The summed E-state index contributed by atoms with van der Waals surface area (Å²) in [6.07, 6.45) is 1.42. The van der Waals surface area contributed by atoms with Gasteiger partial charge in [0.1, 0.15) is 5.82 Å². The van der Waals surface area contributed by atoms with Crippen LogP contribution in [0.2, 0.25) is 0 Å². The normalized spacial score (nSPS) is 13.1. The number of rotatable bonds is 5. The van der Waals surface area contributed by atoms with Gasteiger partial charge in [0, 0.05) is 46.8 Å². The maximum absolute atomic E-state index is 11.8. The number of nitrogens with two attached hydrogens (primary N) is 1. The lowest BCUT2D eigenvalue weighted by Gasteiger charge is -2.19. The van der Waals surface area contributed by atoms with E-state index in [0.717, 1.165) is 16.0 Å². The molecule has 0 fully saturated rings. The Morgan fingerprint density at radius 1 is 1.16 bits per heavy atom. The van der Waals surface area contributed by atoms with Crippen LogP contribution in [-0.4, -0.2) is 35.1 Å². The van der Waals surface area contributed by atoms with Crippen molar-refractivity contribution in [2.45, 2.75) is 18.7 Å². The monoisotopic (exact) mass is 477 g/mol. The third kappa shape index (κ3) is 4.52. The Labute approximate surface area is 197 Å². The van der Waals surface area contributed by atoms with Crippen molar-refractivity contribution < 1.29 is 12.5 Å². The van der Waals surface area contributed by atoms with Gasteiger partial charge in [-0.05, 0) is 55.8 Å². The number of nitrogens with zero attached hydrogens (tertiary/aromatic N) is 5. The Morgan fingerprint density at radius 3 is 2.66 bits per heavy atom. The van der Waals surface area contributed by atoms with Crippen LogP contribution in [0.3, 0.4) is 0 Å². The smallest absolute Gasteiger partial charge is 0.238 e. The van der Waals surface area contributed by atoms with Gasteiger partial charge in [-0.1, -0.05) is 6.07 Å². The number of anilines is 4. The molecule has 0 spiro atoms. The molecule has 9 nitrogen and oxygen atoms in total. The maximum Gasteiger partial charge on any atom is 0.238 e. The molecule has 0 saturated heterocycles. The van der Waals surface area contributed by atoms with Crippen LogP contribution < -0.4 is 15.4 Å². The Hall–Kier alpha value is -3.21. The molecule has 0 aliphatic heterocycles. The highest BCUT2D eigenvalue weighted by atomic mass is 35.5. The Kier molecular flexibility index (Phi) is 5.31. The summed E-state index contributed by atoms with van der Waals surface area (Å²) in [7, 11) is -2.09. The Balaban J connectivity index is 0.00000342. The fourth-order valence-electron chi connectivity index (χ4n) is 3.24. The van der Waals surface area contributed by atoms with Crippen molar-refractivity contribution in [3.63, 3.8) is 0 Å². The summed E-state index contributed by atoms with van der Waals surface area (Å²) in [6, 6.07) is 11.3. The van der Waals surface area contributed by atoms with Crippen LogP contribution in [0.5, 0.6) is 0 Å². The van der Waals surface area contributed by atoms with Crippen LogP contribution in [0, 0.1) is 13.8 Å². The molecule has 0 aliphatic carbocycles. The number of halogens is 1. The molecule has 32 heavy (non-hydrogen) atoms. The molecule has 2 aromatic carbocycles. The van der Waals surface area contributed by atoms with Gasteiger partial charge in [-0.15, -0.1) is 12.4 Å². The van der Waals surface area contributed by atoms with E-state index in [4.69, 9.17) is 9.25 Å². The molecular formula is C21H24ClN7O2S. The van der Waals surface area contributed by atoms with Crippen molar-refractivity contribution in [3.05, 3.63) is 59.9 Å². The average Bonchev–Trinajstić information content (AvgIpc) is 3.01. The van der Waals surface area contributed by atoms with E-state index in [2.05, 4.69) is 20.4 Å². The molecule has 0 saturated carbocycles. The van der Waals surface area contributed by atoms with Gasteiger partial charge in [-0.2, -0.15) is 10.1 Å². The lowest BCUT2D eigenvalue weighted by molar-refractivity contribution is 0.597. The van der Waals surface area contributed by atoms with E-state index < -0.39 is 17.0 Å². The summed E-state index contributed by atoms with van der Waals surface area (Å²) in [4.78, 5) is 9.60. The highest BCUT2D eigenvalue weighted by Crippen LogP contribution is 2.28. The number of aryl methyl sites for hydroxylation is 3. The first-order valence-corrected chi connectivity index (χ1v) is 10.9. The molecule has 0 bridgehead atoms. The first-order chi connectivity index (χ1) is 15.8. The van der Waals surface area contributed by atoms with Crippen LogP contribution in [0.1, 0.15) is 15.4 Å². The minimum Gasteiger partial charge on any atom is -0.329 e. The molecule has 0 aliphatic rings. The zero-order chi connectivity index (χ0) is 24.8. The molecule has 0 unspecified atom stereocenters. The van der Waals surface area contributed by atoms with Crippen molar-refractivity contribution in [2.24, 2.45) is 12.2 Å². The number of aromatic nitrogens is 4. The van der Waals surface area contributed by atoms with Crippen molar-refractivity contribution in [2.75, 3.05) is 17.2 Å². The van der Waals surface area contributed by atoms with Gasteiger partial charge in [-0.25, -0.2) is 18.5 Å². The molecule has 0 atom stereocenters. The van der Waals surface area contributed by atoms with Crippen LogP contribution in [0.4, 0.5) is 23.1 Å². The molecule has 4 rings (SSSR count). The van der Waals surface area contributed by atoms with Crippen molar-refractivity contribution in [1.29, 1.82) is 0 Å². The lowest BCUT2D eigenvalue weighted by Crippen LogP contribution is -2.14. The largest absolute Gasteiger partial charge is 0.329 e. The molecule has 2 aromatic heterocycles. The third-order valence-electron chi connectivity index (χ3n) is 4.99. The van der Waals surface area contributed by atoms with Gasteiger partial charge in [0.15, 0.2) is 0 Å². The van der Waals surface area contributed by atoms with E-state index in [1.165, 1.54) is 18.3 Å². The zero-order valence-electron chi connectivity index (χ0n) is 20.6. The summed E-state index contributed by atoms with van der Waals surface area (Å²) in [5, 5.41) is 13.6. The number of primary sulfonamides is 1. The molecule has 11 heteroatoms. The number of hydrogen-bond donors (Lipinski definition) is 2. The number of sulfonamides is 1. The van der Waals surface area contributed by atoms with Crippen molar-refractivity contribution >= 4 is 56.5 Å². The minimum absolute atomic E-state index is 0. The van der Waals surface area contributed by atoms with E-state index in [0.29, 0.717) is 22.5 Å². The van der Waals surface area contributed by atoms with Crippen LogP contribution in [0.15, 0.2) is 53.6 Å². The van der Waals surface area contributed by atoms with E-state index in [-0.39, 0.29) is 29.1 Å². The molecule has 3 N–H and O–H groups in total. The SMILES string of the molecule is Cl.[2H][13C]([2H])([2H])N(c1ccc2c(C)n(C)nc2c1)c1ccnc(Nc2ccc(C)c(S(N)(=O)=O)c2)n1. The number of fused-ring (bicyclic) bond motifs is 1. The summed E-state index contributed by atoms with van der Waals surface area (Å²) in [5.41, 5.74) is 2.90. The van der Waals surface area contributed by atoms with Gasteiger partial charge < -0.3 is 10.2 Å². The Morgan fingerprint density at radius 2 is 1.94 bits per heavy atom. The molecule has 168 valence electrons. The highest BCUT2D eigenvalue weighted by molar-refractivity contribution is 7.89. The second kappa shape index (κ2) is 8.73. The molecule has 0 amide bonds. The second-order valence-corrected chi connectivity index (χ2v) is 8.66.